The van der Waals surface area contributed by atoms with E-state index in [2.05, 4.69) is 25.2 Å². The van der Waals surface area contributed by atoms with E-state index in [4.69, 9.17) is 9.26 Å². The smallest absolute Gasteiger partial charge is 0.341 e. The minimum Gasteiger partial charge on any atom is -0.462 e. The number of esters is 1. The minimum atomic E-state index is -0.499. The van der Waals surface area contributed by atoms with Crippen molar-refractivity contribution in [2.24, 2.45) is 0 Å². The Bertz CT molecular complexity index is 1210. The Balaban J connectivity index is 1.75. The molecule has 0 aliphatic rings. The maximum atomic E-state index is 12.4. The van der Waals surface area contributed by atoms with Crippen molar-refractivity contribution in [1.82, 2.24) is 34.5 Å². The second-order valence-electron chi connectivity index (χ2n) is 6.13. The Hall–Kier alpha value is -3.76. The summed E-state index contributed by atoms with van der Waals surface area (Å²) < 4.78 is 13.2. The van der Waals surface area contributed by atoms with E-state index in [1.54, 1.807) is 11.5 Å². The molecule has 28 heavy (non-hydrogen) atoms. The van der Waals surface area contributed by atoms with Gasteiger partial charge in [-0.05, 0) is 20.8 Å². The summed E-state index contributed by atoms with van der Waals surface area (Å²) in [4.78, 5) is 35.5. The number of hydrogen-bond acceptors (Lipinski definition) is 8. The molecule has 0 aliphatic carbocycles. The fourth-order valence-corrected chi connectivity index (χ4v) is 2.82. The Kier molecular flexibility index (Phi) is 4.26. The summed E-state index contributed by atoms with van der Waals surface area (Å²) in [5.74, 6) is 0.352. The van der Waals surface area contributed by atoms with Gasteiger partial charge in [0.2, 0.25) is 5.95 Å². The molecule has 0 aliphatic heterocycles. The summed E-state index contributed by atoms with van der Waals surface area (Å²) in [5.41, 5.74) is 2.09. The molecule has 11 heteroatoms. The van der Waals surface area contributed by atoms with Gasteiger partial charge in [0, 0.05) is 11.8 Å². The summed E-state index contributed by atoms with van der Waals surface area (Å²) in [6, 6.07) is 0. The lowest BCUT2D eigenvalue weighted by Crippen LogP contribution is -2.15. The van der Waals surface area contributed by atoms with Gasteiger partial charge in [-0.1, -0.05) is 5.16 Å². The van der Waals surface area contributed by atoms with Crippen molar-refractivity contribution in [3.05, 3.63) is 51.7 Å². The van der Waals surface area contributed by atoms with E-state index in [1.807, 2.05) is 13.8 Å². The van der Waals surface area contributed by atoms with Crippen LogP contribution in [-0.4, -0.2) is 47.0 Å². The third kappa shape index (κ3) is 2.96. The van der Waals surface area contributed by atoms with E-state index in [1.165, 1.54) is 23.4 Å². The molecule has 1 N–H and O–H groups in total. The predicted molar refractivity (Wildman–Crippen MR) is 96.3 cm³/mol. The second kappa shape index (κ2) is 6.76. The molecule has 4 aromatic rings. The van der Waals surface area contributed by atoms with E-state index < -0.39 is 11.5 Å². The Morgan fingerprint density at radius 1 is 1.36 bits per heavy atom. The molecule has 4 aromatic heterocycles. The van der Waals surface area contributed by atoms with Crippen molar-refractivity contribution in [3.63, 3.8) is 0 Å². The fourth-order valence-electron chi connectivity index (χ4n) is 2.82. The topological polar surface area (TPSA) is 134 Å². The number of ether oxygens (including phenoxy) is 1. The number of aromatic amines is 1. The SMILES string of the molecule is CCOC(=O)c1cnn(-c2nc3c(ncn3Cc3c(C)noc3C)c(=O)[nH]2)c1. The van der Waals surface area contributed by atoms with Gasteiger partial charge in [0.05, 0.1) is 36.9 Å². The number of carbonyl (C=O) groups is 1. The standard InChI is InChI=1S/C17H17N7O4/c1-4-27-16(26)11-5-19-24(6-11)17-20-14-13(15(25)21-17)18-8-23(14)7-12-9(2)22-28-10(12)3/h5-6,8H,4,7H2,1-3H3,(H,20,21,25). The van der Waals surface area contributed by atoms with Crippen molar-refractivity contribution in [2.75, 3.05) is 6.61 Å². The summed E-state index contributed by atoms with van der Waals surface area (Å²) in [6.45, 7) is 6.04. The van der Waals surface area contributed by atoms with Gasteiger partial charge in [-0.15, -0.1) is 0 Å². The van der Waals surface area contributed by atoms with Gasteiger partial charge in [0.25, 0.3) is 5.56 Å². The van der Waals surface area contributed by atoms with Crippen LogP contribution in [0.25, 0.3) is 17.1 Å². The van der Waals surface area contributed by atoms with E-state index >= 15 is 0 Å². The molecule has 4 rings (SSSR count). The Morgan fingerprint density at radius 3 is 2.89 bits per heavy atom. The van der Waals surface area contributed by atoms with Gasteiger partial charge in [-0.3, -0.25) is 9.78 Å². The number of hydrogen-bond donors (Lipinski definition) is 1. The maximum Gasteiger partial charge on any atom is 0.341 e. The van der Waals surface area contributed by atoms with E-state index in [-0.39, 0.29) is 23.6 Å². The third-order valence-electron chi connectivity index (χ3n) is 4.28. The monoisotopic (exact) mass is 383 g/mol. The summed E-state index contributed by atoms with van der Waals surface area (Å²) in [7, 11) is 0. The maximum absolute atomic E-state index is 12.4. The summed E-state index contributed by atoms with van der Waals surface area (Å²) in [6.07, 6.45) is 4.33. The van der Waals surface area contributed by atoms with E-state index in [0.717, 1.165) is 11.3 Å². The molecular formula is C17H17N7O4. The van der Waals surface area contributed by atoms with Crippen LogP contribution >= 0.6 is 0 Å². The Labute approximate surface area is 158 Å². The molecule has 4 heterocycles. The molecule has 0 radical (unpaired) electrons. The lowest BCUT2D eigenvalue weighted by molar-refractivity contribution is 0.0526. The predicted octanol–water partition coefficient (Wildman–Crippen LogP) is 1.14. The molecule has 0 spiro atoms. The zero-order valence-corrected chi connectivity index (χ0v) is 15.5. The van der Waals surface area contributed by atoms with E-state index in [9.17, 15) is 9.59 Å². The largest absolute Gasteiger partial charge is 0.462 e. The molecule has 11 nitrogen and oxygen atoms in total. The molecule has 0 atom stereocenters. The fraction of sp³-hybridized carbons (Fsp3) is 0.294. The van der Waals surface area contributed by atoms with Crippen LogP contribution in [0.1, 0.15) is 34.3 Å². The van der Waals surface area contributed by atoms with Crippen LogP contribution in [0, 0.1) is 13.8 Å². The highest BCUT2D eigenvalue weighted by molar-refractivity contribution is 5.88. The van der Waals surface area contributed by atoms with Gasteiger partial charge >= 0.3 is 5.97 Å². The number of fused-ring (bicyclic) bond motifs is 1. The minimum absolute atomic E-state index is 0.161. The highest BCUT2D eigenvalue weighted by atomic mass is 16.5. The van der Waals surface area contributed by atoms with Crippen LogP contribution < -0.4 is 5.56 Å². The molecule has 144 valence electrons. The van der Waals surface area contributed by atoms with Gasteiger partial charge in [-0.2, -0.15) is 10.1 Å². The number of aryl methyl sites for hydroxylation is 2. The number of aromatic nitrogens is 7. The van der Waals surface area contributed by atoms with Gasteiger partial charge in [-0.25, -0.2) is 14.5 Å². The highest BCUT2D eigenvalue weighted by Gasteiger charge is 2.17. The van der Waals surface area contributed by atoms with Crippen LogP contribution in [0.2, 0.25) is 0 Å². The first-order chi connectivity index (χ1) is 13.5. The molecule has 0 bridgehead atoms. The van der Waals surface area contributed by atoms with Gasteiger partial charge < -0.3 is 13.8 Å². The molecule has 0 aromatic carbocycles. The van der Waals surface area contributed by atoms with Crippen LogP contribution in [0.5, 0.6) is 0 Å². The van der Waals surface area contributed by atoms with Gasteiger partial charge in [0.15, 0.2) is 11.2 Å². The molecular weight excluding hydrogens is 366 g/mol. The van der Waals surface area contributed by atoms with Gasteiger partial charge in [0.1, 0.15) is 5.76 Å². The molecule has 0 amide bonds. The molecule has 0 unspecified atom stereocenters. The number of nitrogens with one attached hydrogen (secondary N) is 1. The number of imidazole rings is 1. The first-order valence-electron chi connectivity index (χ1n) is 8.57. The third-order valence-corrected chi connectivity index (χ3v) is 4.28. The highest BCUT2D eigenvalue weighted by Crippen LogP contribution is 2.16. The number of rotatable bonds is 5. The lowest BCUT2D eigenvalue weighted by atomic mass is 10.2. The van der Waals surface area contributed by atoms with Crippen molar-refractivity contribution in [1.29, 1.82) is 0 Å². The van der Waals surface area contributed by atoms with E-state index in [0.29, 0.717) is 18.0 Å². The zero-order valence-electron chi connectivity index (χ0n) is 15.5. The van der Waals surface area contributed by atoms with Crippen molar-refractivity contribution in [2.45, 2.75) is 27.3 Å². The second-order valence-corrected chi connectivity index (χ2v) is 6.13. The van der Waals surface area contributed by atoms with Crippen molar-refractivity contribution >= 4 is 17.1 Å². The van der Waals surface area contributed by atoms with Crippen molar-refractivity contribution in [3.8, 4) is 5.95 Å². The average molecular weight is 383 g/mol. The number of carbonyl (C=O) groups excluding carboxylic acids is 1. The van der Waals surface area contributed by atoms with Crippen molar-refractivity contribution < 1.29 is 14.1 Å². The van der Waals surface area contributed by atoms with Crippen LogP contribution in [0.4, 0.5) is 0 Å². The normalized spacial score (nSPS) is 11.2. The first-order valence-corrected chi connectivity index (χ1v) is 8.57. The summed E-state index contributed by atoms with van der Waals surface area (Å²) >= 11 is 0. The van der Waals surface area contributed by atoms with Crippen LogP contribution in [0.15, 0.2) is 28.0 Å². The number of nitrogens with zero attached hydrogens (tertiary/aromatic N) is 6. The zero-order chi connectivity index (χ0) is 19.8. The number of H-pyrrole nitrogens is 1. The average Bonchev–Trinajstić information content (AvgIpc) is 3.38. The Morgan fingerprint density at radius 2 is 2.18 bits per heavy atom. The quantitative estimate of drug-likeness (QED) is 0.507. The lowest BCUT2D eigenvalue weighted by Gasteiger charge is -2.05. The molecule has 0 saturated carbocycles. The van der Waals surface area contributed by atoms with Crippen LogP contribution in [0.3, 0.4) is 0 Å². The first kappa shape index (κ1) is 17.6. The summed E-state index contributed by atoms with van der Waals surface area (Å²) in [5, 5.41) is 8.02. The molecule has 0 saturated heterocycles. The van der Waals surface area contributed by atoms with Crippen LogP contribution in [-0.2, 0) is 11.3 Å². The molecule has 0 fully saturated rings.